The van der Waals surface area contributed by atoms with Gasteiger partial charge in [-0.1, -0.05) is 30.3 Å². The SMILES string of the molecule is COC(=O)[C@@H](C)N1C(=O)S/C(=C\c2ccc(-c3ccccc3)o2)C1=O. The van der Waals surface area contributed by atoms with Crippen LogP contribution in [0.15, 0.2) is 51.8 Å². The van der Waals surface area contributed by atoms with Gasteiger partial charge in [-0.25, -0.2) is 4.79 Å². The minimum absolute atomic E-state index is 0.203. The molecular formula is C18H15NO5S. The topological polar surface area (TPSA) is 76.8 Å². The first-order valence-corrected chi connectivity index (χ1v) is 8.33. The molecule has 0 radical (unpaired) electrons. The van der Waals surface area contributed by atoms with Crippen LogP contribution in [0.3, 0.4) is 0 Å². The highest BCUT2D eigenvalue weighted by Gasteiger charge is 2.41. The molecule has 1 fully saturated rings. The van der Waals surface area contributed by atoms with Gasteiger partial charge in [0.25, 0.3) is 11.1 Å². The smallest absolute Gasteiger partial charge is 0.328 e. The van der Waals surface area contributed by atoms with Crippen molar-refractivity contribution in [3.63, 3.8) is 0 Å². The second-order valence-corrected chi connectivity index (χ2v) is 6.31. The second kappa shape index (κ2) is 6.98. The van der Waals surface area contributed by atoms with E-state index in [9.17, 15) is 14.4 Å². The van der Waals surface area contributed by atoms with Crippen molar-refractivity contribution in [3.05, 3.63) is 53.1 Å². The Hall–Kier alpha value is -2.80. The number of amides is 2. The van der Waals surface area contributed by atoms with Gasteiger partial charge in [-0.05, 0) is 30.8 Å². The zero-order valence-corrected chi connectivity index (χ0v) is 14.4. The van der Waals surface area contributed by atoms with E-state index in [2.05, 4.69) is 4.74 Å². The molecule has 0 bridgehead atoms. The largest absolute Gasteiger partial charge is 0.467 e. The van der Waals surface area contributed by atoms with Gasteiger partial charge in [-0.15, -0.1) is 0 Å². The molecule has 0 N–H and O–H groups in total. The number of rotatable bonds is 4. The molecule has 0 spiro atoms. The zero-order chi connectivity index (χ0) is 18.0. The van der Waals surface area contributed by atoms with Crippen molar-refractivity contribution < 1.29 is 23.5 Å². The van der Waals surface area contributed by atoms with Gasteiger partial charge in [0.2, 0.25) is 0 Å². The molecule has 1 aromatic heterocycles. The summed E-state index contributed by atoms with van der Waals surface area (Å²) in [4.78, 5) is 37.2. The van der Waals surface area contributed by atoms with Crippen LogP contribution >= 0.6 is 11.8 Å². The van der Waals surface area contributed by atoms with Gasteiger partial charge in [-0.3, -0.25) is 14.5 Å². The van der Waals surface area contributed by atoms with E-state index in [-0.39, 0.29) is 4.91 Å². The summed E-state index contributed by atoms with van der Waals surface area (Å²) in [5.41, 5.74) is 0.912. The fourth-order valence-electron chi connectivity index (χ4n) is 2.41. The third-order valence-corrected chi connectivity index (χ3v) is 4.60. The van der Waals surface area contributed by atoms with E-state index in [1.807, 2.05) is 30.3 Å². The quantitative estimate of drug-likeness (QED) is 0.615. The van der Waals surface area contributed by atoms with E-state index in [1.165, 1.54) is 20.1 Å². The average molecular weight is 357 g/mol. The summed E-state index contributed by atoms with van der Waals surface area (Å²) in [7, 11) is 1.21. The van der Waals surface area contributed by atoms with E-state index in [4.69, 9.17) is 4.42 Å². The number of methoxy groups -OCH3 is 1. The Kier molecular flexibility index (Phi) is 4.76. The van der Waals surface area contributed by atoms with E-state index in [0.29, 0.717) is 11.5 Å². The summed E-state index contributed by atoms with van der Waals surface area (Å²) in [6.45, 7) is 1.45. The number of hydrogen-bond acceptors (Lipinski definition) is 6. The van der Waals surface area contributed by atoms with Gasteiger partial charge in [0, 0.05) is 11.6 Å². The Labute approximate surface area is 148 Å². The van der Waals surface area contributed by atoms with Gasteiger partial charge >= 0.3 is 5.97 Å². The van der Waals surface area contributed by atoms with Crippen LogP contribution in [0.1, 0.15) is 12.7 Å². The van der Waals surface area contributed by atoms with Crippen LogP contribution in [0.25, 0.3) is 17.4 Å². The number of carbonyl (C=O) groups is 3. The first-order chi connectivity index (χ1) is 12.0. The summed E-state index contributed by atoms with van der Waals surface area (Å²) < 4.78 is 10.3. The molecule has 7 heteroatoms. The zero-order valence-electron chi connectivity index (χ0n) is 13.6. The lowest BCUT2D eigenvalue weighted by molar-refractivity contribution is -0.148. The average Bonchev–Trinajstić information content (AvgIpc) is 3.19. The van der Waals surface area contributed by atoms with Crippen molar-refractivity contribution in [2.24, 2.45) is 0 Å². The highest BCUT2D eigenvalue weighted by Crippen LogP contribution is 2.34. The van der Waals surface area contributed by atoms with Crippen molar-refractivity contribution >= 4 is 35.0 Å². The number of benzene rings is 1. The first kappa shape index (κ1) is 17.0. The number of furan rings is 1. The van der Waals surface area contributed by atoms with E-state index < -0.39 is 23.2 Å². The molecule has 1 aliphatic rings. The van der Waals surface area contributed by atoms with Gasteiger partial charge < -0.3 is 9.15 Å². The third-order valence-electron chi connectivity index (χ3n) is 3.71. The summed E-state index contributed by atoms with van der Waals surface area (Å²) in [5.74, 6) is -0.0671. The maximum atomic E-state index is 12.4. The molecule has 2 aromatic rings. The molecule has 1 aliphatic heterocycles. The van der Waals surface area contributed by atoms with Gasteiger partial charge in [-0.2, -0.15) is 0 Å². The Morgan fingerprint density at radius 3 is 2.60 bits per heavy atom. The van der Waals surface area contributed by atoms with Crippen molar-refractivity contribution in [1.29, 1.82) is 0 Å². The number of hydrogen-bond donors (Lipinski definition) is 0. The minimum Gasteiger partial charge on any atom is -0.467 e. The van der Waals surface area contributed by atoms with Crippen molar-refractivity contribution in [2.75, 3.05) is 7.11 Å². The highest BCUT2D eigenvalue weighted by molar-refractivity contribution is 8.18. The number of thioether (sulfide) groups is 1. The van der Waals surface area contributed by atoms with Crippen molar-refractivity contribution in [3.8, 4) is 11.3 Å². The molecule has 128 valence electrons. The molecule has 0 unspecified atom stereocenters. The van der Waals surface area contributed by atoms with Crippen LogP contribution < -0.4 is 0 Å². The maximum Gasteiger partial charge on any atom is 0.328 e. The fourth-order valence-corrected chi connectivity index (χ4v) is 3.30. The van der Waals surface area contributed by atoms with Crippen molar-refractivity contribution in [1.82, 2.24) is 4.90 Å². The second-order valence-electron chi connectivity index (χ2n) is 5.32. The Balaban J connectivity index is 1.83. The van der Waals surface area contributed by atoms with Gasteiger partial charge in [0.15, 0.2) is 0 Å². The summed E-state index contributed by atoms with van der Waals surface area (Å²) in [6.07, 6.45) is 1.50. The number of nitrogens with zero attached hydrogens (tertiary/aromatic N) is 1. The lowest BCUT2D eigenvalue weighted by Crippen LogP contribution is -2.42. The van der Waals surface area contributed by atoms with Crippen LogP contribution in [-0.4, -0.2) is 35.2 Å². The molecule has 2 heterocycles. The summed E-state index contributed by atoms with van der Waals surface area (Å²) in [6, 6.07) is 12.1. The standard InChI is InChI=1S/C18H15NO5S/c1-11(17(21)23-2)19-16(20)15(25-18(19)22)10-13-8-9-14(24-13)12-6-4-3-5-7-12/h3-11H,1-2H3/b15-10-/t11-/m1/s1. The lowest BCUT2D eigenvalue weighted by atomic mass is 10.2. The van der Waals surface area contributed by atoms with E-state index >= 15 is 0 Å². The molecule has 0 aliphatic carbocycles. The number of ether oxygens (including phenoxy) is 1. The molecule has 3 rings (SSSR count). The Morgan fingerprint density at radius 1 is 1.20 bits per heavy atom. The van der Waals surface area contributed by atoms with Gasteiger partial charge in [0.1, 0.15) is 17.6 Å². The molecule has 6 nitrogen and oxygen atoms in total. The van der Waals surface area contributed by atoms with Crippen LogP contribution in [0.2, 0.25) is 0 Å². The normalized spacial score (nSPS) is 17.2. The predicted octanol–water partition coefficient (Wildman–Crippen LogP) is 3.54. The van der Waals surface area contributed by atoms with Crippen LogP contribution in [0.4, 0.5) is 4.79 Å². The van der Waals surface area contributed by atoms with Crippen LogP contribution in [0.5, 0.6) is 0 Å². The molecule has 1 saturated heterocycles. The monoisotopic (exact) mass is 357 g/mol. The molecular weight excluding hydrogens is 342 g/mol. The molecule has 2 amide bonds. The highest BCUT2D eigenvalue weighted by atomic mass is 32.2. The molecule has 1 atom stereocenters. The lowest BCUT2D eigenvalue weighted by Gasteiger charge is -2.18. The summed E-state index contributed by atoms with van der Waals surface area (Å²) in [5, 5.41) is -0.510. The number of esters is 1. The Bertz CT molecular complexity index is 855. The Morgan fingerprint density at radius 2 is 1.92 bits per heavy atom. The fraction of sp³-hybridized carbons (Fsp3) is 0.167. The van der Waals surface area contributed by atoms with Gasteiger partial charge in [0.05, 0.1) is 12.0 Å². The van der Waals surface area contributed by atoms with Crippen LogP contribution in [0, 0.1) is 0 Å². The molecule has 1 aromatic carbocycles. The van der Waals surface area contributed by atoms with E-state index in [1.54, 1.807) is 12.1 Å². The van der Waals surface area contributed by atoms with E-state index in [0.717, 1.165) is 22.2 Å². The predicted molar refractivity (Wildman–Crippen MR) is 93.4 cm³/mol. The third kappa shape index (κ3) is 3.36. The maximum absolute atomic E-state index is 12.4. The molecule has 25 heavy (non-hydrogen) atoms. The summed E-state index contributed by atoms with van der Waals surface area (Å²) >= 11 is 0.769. The molecule has 0 saturated carbocycles. The number of carbonyl (C=O) groups excluding carboxylic acids is 3. The van der Waals surface area contributed by atoms with Crippen molar-refractivity contribution in [2.45, 2.75) is 13.0 Å². The number of imide groups is 1. The first-order valence-electron chi connectivity index (χ1n) is 7.51. The minimum atomic E-state index is -0.972. The van der Waals surface area contributed by atoms with Crippen LogP contribution in [-0.2, 0) is 14.3 Å².